The fourth-order valence-electron chi connectivity index (χ4n) is 2.96. The van der Waals surface area contributed by atoms with E-state index in [9.17, 15) is 0 Å². The first-order valence-electron chi connectivity index (χ1n) is 8.91. The van der Waals surface area contributed by atoms with Crippen LogP contribution in [0.2, 0.25) is 0 Å². The zero-order valence-corrected chi connectivity index (χ0v) is 14.0. The maximum atomic E-state index is 3.27. The van der Waals surface area contributed by atoms with Gasteiger partial charge in [0.15, 0.2) is 0 Å². The van der Waals surface area contributed by atoms with Gasteiger partial charge in [0, 0.05) is 12.4 Å². The molecule has 1 aromatic heterocycles. The molecular formula is C19H35N. The van der Waals surface area contributed by atoms with Crippen LogP contribution in [0.5, 0.6) is 0 Å². The van der Waals surface area contributed by atoms with Crippen LogP contribution in [0.3, 0.4) is 0 Å². The first-order chi connectivity index (χ1) is 9.75. The number of nitrogens with one attached hydrogen (secondary N) is 1. The smallest absolute Gasteiger partial charge is 0.00428 e. The summed E-state index contributed by atoms with van der Waals surface area (Å²) in [5, 5.41) is 0. The lowest BCUT2D eigenvalue weighted by atomic mass is 9.98. The molecule has 0 saturated heterocycles. The largest absolute Gasteiger partial charge is 0.367 e. The summed E-state index contributed by atoms with van der Waals surface area (Å²) < 4.78 is 0. The average Bonchev–Trinajstić information content (AvgIpc) is 2.89. The molecular weight excluding hydrogens is 242 g/mol. The summed E-state index contributed by atoms with van der Waals surface area (Å²) in [5.41, 5.74) is 3.06. The van der Waals surface area contributed by atoms with E-state index in [2.05, 4.69) is 38.1 Å². The number of rotatable bonds is 12. The van der Waals surface area contributed by atoms with Crippen LogP contribution in [0.4, 0.5) is 0 Å². The van der Waals surface area contributed by atoms with Gasteiger partial charge >= 0.3 is 0 Å². The first kappa shape index (κ1) is 17.3. The van der Waals surface area contributed by atoms with Gasteiger partial charge in [-0.2, -0.15) is 0 Å². The fraction of sp³-hybridized carbons (Fsp3) is 0.789. The van der Waals surface area contributed by atoms with Crippen molar-refractivity contribution in [2.75, 3.05) is 0 Å². The van der Waals surface area contributed by atoms with Crippen molar-refractivity contribution in [2.24, 2.45) is 0 Å². The molecule has 0 aliphatic heterocycles. The van der Waals surface area contributed by atoms with Crippen molar-refractivity contribution in [1.82, 2.24) is 4.98 Å². The lowest BCUT2D eigenvalue weighted by molar-refractivity contribution is 0.556. The van der Waals surface area contributed by atoms with Gasteiger partial charge in [0.2, 0.25) is 0 Å². The van der Waals surface area contributed by atoms with Crippen molar-refractivity contribution in [2.45, 2.75) is 97.3 Å². The lowest BCUT2D eigenvalue weighted by Gasteiger charge is -2.07. The minimum atomic E-state index is 0.652. The van der Waals surface area contributed by atoms with Crippen molar-refractivity contribution < 1.29 is 0 Å². The van der Waals surface area contributed by atoms with E-state index < -0.39 is 0 Å². The Balaban J connectivity index is 1.96. The van der Waals surface area contributed by atoms with Crippen LogP contribution in [-0.4, -0.2) is 4.98 Å². The lowest BCUT2D eigenvalue weighted by Crippen LogP contribution is -1.92. The van der Waals surface area contributed by atoms with Crippen LogP contribution < -0.4 is 0 Å². The molecule has 0 aliphatic rings. The summed E-state index contributed by atoms with van der Waals surface area (Å²) in [6.45, 7) is 6.85. The summed E-state index contributed by atoms with van der Waals surface area (Å²) in [7, 11) is 0. The number of aryl methyl sites for hydroxylation is 1. The highest BCUT2D eigenvalue weighted by Gasteiger charge is 2.06. The normalized spacial score (nSPS) is 11.4. The van der Waals surface area contributed by atoms with E-state index >= 15 is 0 Å². The van der Waals surface area contributed by atoms with E-state index in [-0.39, 0.29) is 0 Å². The van der Waals surface area contributed by atoms with Gasteiger partial charge in [-0.05, 0) is 29.9 Å². The van der Waals surface area contributed by atoms with E-state index in [4.69, 9.17) is 0 Å². The molecule has 0 atom stereocenters. The van der Waals surface area contributed by atoms with Crippen LogP contribution in [-0.2, 0) is 6.42 Å². The second kappa shape index (κ2) is 11.0. The van der Waals surface area contributed by atoms with Gasteiger partial charge in [-0.25, -0.2) is 0 Å². The molecule has 0 fully saturated rings. The summed E-state index contributed by atoms with van der Waals surface area (Å²) >= 11 is 0. The van der Waals surface area contributed by atoms with E-state index in [0.717, 1.165) is 0 Å². The van der Waals surface area contributed by atoms with Crippen LogP contribution in [0.25, 0.3) is 0 Å². The van der Waals surface area contributed by atoms with Crippen LogP contribution in [0.15, 0.2) is 12.4 Å². The van der Waals surface area contributed by atoms with Gasteiger partial charge in [-0.15, -0.1) is 0 Å². The molecule has 0 spiro atoms. The Bertz CT molecular complexity index is 324. The Kier molecular flexibility index (Phi) is 9.53. The molecule has 1 heteroatoms. The number of aromatic nitrogens is 1. The van der Waals surface area contributed by atoms with Crippen molar-refractivity contribution in [3.63, 3.8) is 0 Å². The highest BCUT2D eigenvalue weighted by Crippen LogP contribution is 2.21. The molecule has 1 aromatic rings. The summed E-state index contributed by atoms with van der Waals surface area (Å²) in [6.07, 6.45) is 19.8. The third-order valence-corrected chi connectivity index (χ3v) is 4.29. The molecule has 0 aromatic carbocycles. The second-order valence-electron chi connectivity index (χ2n) is 6.52. The number of H-pyrrole nitrogens is 1. The number of aromatic amines is 1. The molecule has 0 bridgehead atoms. The van der Waals surface area contributed by atoms with Gasteiger partial charge in [-0.3, -0.25) is 0 Å². The molecule has 1 nitrogen and oxygen atoms in total. The minimum Gasteiger partial charge on any atom is -0.367 e. The molecule has 0 aliphatic carbocycles. The predicted molar refractivity (Wildman–Crippen MR) is 90.4 cm³/mol. The maximum absolute atomic E-state index is 3.27. The molecule has 0 radical (unpaired) electrons. The molecule has 0 unspecified atom stereocenters. The van der Waals surface area contributed by atoms with E-state index in [0.29, 0.717) is 5.92 Å². The van der Waals surface area contributed by atoms with Gasteiger partial charge in [0.05, 0.1) is 0 Å². The summed E-state index contributed by atoms with van der Waals surface area (Å²) in [4.78, 5) is 3.27. The van der Waals surface area contributed by atoms with Crippen molar-refractivity contribution in [3.05, 3.63) is 23.5 Å². The van der Waals surface area contributed by atoms with E-state index in [1.165, 1.54) is 76.2 Å². The monoisotopic (exact) mass is 277 g/mol. The highest BCUT2D eigenvalue weighted by molar-refractivity contribution is 5.26. The molecule has 1 rings (SSSR count). The van der Waals surface area contributed by atoms with Crippen molar-refractivity contribution in [3.8, 4) is 0 Å². The van der Waals surface area contributed by atoms with Crippen LogP contribution in [0, 0.1) is 0 Å². The molecule has 0 saturated carbocycles. The number of hydrogen-bond donors (Lipinski definition) is 1. The predicted octanol–water partition coefficient (Wildman–Crippen LogP) is 6.60. The first-order valence-corrected chi connectivity index (χ1v) is 8.91. The third kappa shape index (κ3) is 7.17. The van der Waals surface area contributed by atoms with Crippen LogP contribution >= 0.6 is 0 Å². The Hall–Kier alpha value is -0.720. The highest BCUT2D eigenvalue weighted by atomic mass is 14.6. The Morgan fingerprint density at radius 3 is 1.90 bits per heavy atom. The number of hydrogen-bond acceptors (Lipinski definition) is 0. The quantitative estimate of drug-likeness (QED) is 0.414. The summed E-state index contributed by atoms with van der Waals surface area (Å²) in [6, 6.07) is 0. The number of unbranched alkanes of at least 4 members (excludes halogenated alkanes) is 9. The molecule has 0 amide bonds. The van der Waals surface area contributed by atoms with E-state index in [1.54, 1.807) is 5.56 Å². The zero-order chi connectivity index (χ0) is 14.6. The Morgan fingerprint density at radius 1 is 0.800 bits per heavy atom. The molecule has 116 valence electrons. The second-order valence-corrected chi connectivity index (χ2v) is 6.52. The Morgan fingerprint density at radius 2 is 1.35 bits per heavy atom. The van der Waals surface area contributed by atoms with Gasteiger partial charge in [0.1, 0.15) is 0 Å². The SMILES string of the molecule is CCCCCCCCCCCCc1c[nH]cc1C(C)C. The minimum absolute atomic E-state index is 0.652. The molecule has 20 heavy (non-hydrogen) atoms. The molecule has 1 heterocycles. The Labute approximate surface area is 126 Å². The standard InChI is InChI=1S/C19H35N/c1-4-5-6-7-8-9-10-11-12-13-14-18-15-20-16-19(18)17(2)3/h15-17,20H,4-14H2,1-3H3. The maximum Gasteiger partial charge on any atom is 0.00428 e. The van der Waals surface area contributed by atoms with Crippen molar-refractivity contribution >= 4 is 0 Å². The fourth-order valence-corrected chi connectivity index (χ4v) is 2.96. The van der Waals surface area contributed by atoms with Gasteiger partial charge in [0.25, 0.3) is 0 Å². The van der Waals surface area contributed by atoms with Crippen molar-refractivity contribution in [1.29, 1.82) is 0 Å². The molecule has 1 N–H and O–H groups in total. The van der Waals surface area contributed by atoms with Gasteiger partial charge in [-0.1, -0.05) is 78.6 Å². The van der Waals surface area contributed by atoms with Crippen LogP contribution in [0.1, 0.15) is 102 Å². The zero-order valence-electron chi connectivity index (χ0n) is 14.0. The topological polar surface area (TPSA) is 15.8 Å². The third-order valence-electron chi connectivity index (χ3n) is 4.29. The van der Waals surface area contributed by atoms with E-state index in [1.807, 2.05) is 0 Å². The average molecular weight is 277 g/mol. The summed E-state index contributed by atoms with van der Waals surface area (Å²) in [5.74, 6) is 0.652. The van der Waals surface area contributed by atoms with Gasteiger partial charge < -0.3 is 4.98 Å².